The van der Waals surface area contributed by atoms with Gasteiger partial charge in [0.05, 0.1) is 18.7 Å². The van der Waals surface area contributed by atoms with Crippen LogP contribution in [0.5, 0.6) is 0 Å². The lowest BCUT2D eigenvalue weighted by Crippen LogP contribution is -2.43. The number of thioether (sulfide) groups is 1. The van der Waals surface area contributed by atoms with E-state index in [1.165, 1.54) is 38.6 Å². The molecular formula is C26H34F3N9O4S. The normalized spacial score (nSPS) is 13.2. The van der Waals surface area contributed by atoms with Crippen molar-refractivity contribution in [3.05, 3.63) is 91.5 Å². The Morgan fingerprint density at radius 3 is 2.35 bits per heavy atom. The fraction of sp³-hybridized carbons (Fsp3) is 0.269. The first-order chi connectivity index (χ1) is 19.9. The molecule has 0 fully saturated rings. The summed E-state index contributed by atoms with van der Waals surface area (Å²) in [4.78, 5) is 47.7. The van der Waals surface area contributed by atoms with Crippen molar-refractivity contribution < 1.29 is 22.8 Å². The highest BCUT2D eigenvalue weighted by atomic mass is 32.2. The lowest BCUT2D eigenvalue weighted by molar-refractivity contribution is -0.118. The van der Waals surface area contributed by atoms with Crippen molar-refractivity contribution in [3.8, 4) is 0 Å². The van der Waals surface area contributed by atoms with E-state index in [1.807, 2.05) is 0 Å². The first-order valence-electron chi connectivity index (χ1n) is 12.1. The van der Waals surface area contributed by atoms with E-state index in [-0.39, 0.29) is 45.0 Å². The summed E-state index contributed by atoms with van der Waals surface area (Å²) in [6.07, 6.45) is -1.02. The van der Waals surface area contributed by atoms with Gasteiger partial charge in [0.15, 0.2) is 11.7 Å². The number of aliphatic imine (C=N–C) groups is 1. The monoisotopic (exact) mass is 625 g/mol. The van der Waals surface area contributed by atoms with E-state index in [0.29, 0.717) is 0 Å². The minimum atomic E-state index is -4.61. The Morgan fingerprint density at radius 2 is 1.81 bits per heavy atom. The molecule has 13 nitrogen and oxygen atoms in total. The number of rotatable bonds is 14. The van der Waals surface area contributed by atoms with Crippen molar-refractivity contribution in [3.63, 3.8) is 0 Å². The Balaban J connectivity index is 3.09. The zero-order chi connectivity index (χ0) is 33.1. The number of oxime groups is 1. The van der Waals surface area contributed by atoms with E-state index in [1.54, 1.807) is 6.92 Å². The van der Waals surface area contributed by atoms with Crippen molar-refractivity contribution in [1.82, 2.24) is 14.5 Å². The van der Waals surface area contributed by atoms with Gasteiger partial charge in [0.1, 0.15) is 17.3 Å². The molecule has 0 aromatic carbocycles. The van der Waals surface area contributed by atoms with Crippen LogP contribution in [0.4, 0.5) is 24.7 Å². The maximum absolute atomic E-state index is 13.2. The molecule has 0 atom stereocenters. The largest absolute Gasteiger partial charge is 0.416 e. The highest BCUT2D eigenvalue weighted by Crippen LogP contribution is 2.32. The predicted molar refractivity (Wildman–Crippen MR) is 164 cm³/mol. The number of amidine groups is 1. The van der Waals surface area contributed by atoms with Crippen molar-refractivity contribution in [2.24, 2.45) is 34.4 Å². The molecule has 0 aliphatic heterocycles. The highest BCUT2D eigenvalue weighted by molar-refractivity contribution is 8.06. The highest BCUT2D eigenvalue weighted by Gasteiger charge is 2.32. The third kappa shape index (κ3) is 10.8. The number of nitrogens with two attached hydrogens (primary N) is 3. The molecule has 0 radical (unpaired) electrons. The van der Waals surface area contributed by atoms with Gasteiger partial charge in [0, 0.05) is 35.3 Å². The summed E-state index contributed by atoms with van der Waals surface area (Å²) >= 11 is 0.894. The predicted octanol–water partition coefficient (Wildman–Crippen LogP) is 2.53. The minimum absolute atomic E-state index is 0.0525. The van der Waals surface area contributed by atoms with Crippen LogP contribution >= 0.6 is 11.8 Å². The summed E-state index contributed by atoms with van der Waals surface area (Å²) < 4.78 is 40.5. The third-order valence-corrected chi connectivity index (χ3v) is 6.03. The van der Waals surface area contributed by atoms with Gasteiger partial charge in [0.2, 0.25) is 5.91 Å². The molecule has 0 aliphatic carbocycles. The lowest BCUT2D eigenvalue weighted by atomic mass is 10.1. The Labute approximate surface area is 249 Å². The van der Waals surface area contributed by atoms with Gasteiger partial charge in [0.25, 0.3) is 5.56 Å². The maximum atomic E-state index is 13.2. The number of halogens is 3. The quantitative estimate of drug-likeness (QED) is 0.0678. The molecule has 8 N–H and O–H groups in total. The van der Waals surface area contributed by atoms with E-state index in [9.17, 15) is 27.6 Å². The van der Waals surface area contributed by atoms with Crippen LogP contribution in [-0.2, 0) is 23.2 Å². The second-order valence-corrected chi connectivity index (χ2v) is 9.60. The van der Waals surface area contributed by atoms with Crippen LogP contribution in [-0.4, -0.2) is 39.8 Å². The first kappa shape index (κ1) is 36.1. The number of aromatic nitrogens is 2. The molecular weight excluding hydrogens is 591 g/mol. The molecule has 43 heavy (non-hydrogen) atoms. The number of hydrogen-bond acceptors (Lipinski definition) is 10. The fourth-order valence-electron chi connectivity index (χ4n) is 3.02. The van der Waals surface area contributed by atoms with E-state index < -0.39 is 42.0 Å². The summed E-state index contributed by atoms with van der Waals surface area (Å²) in [5.41, 5.74) is 14.4. The second kappa shape index (κ2) is 15.9. The second-order valence-electron chi connectivity index (χ2n) is 8.64. The number of carbonyl (C=O) groups is 1. The van der Waals surface area contributed by atoms with E-state index in [2.05, 4.69) is 40.5 Å². The van der Waals surface area contributed by atoms with Crippen LogP contribution in [0.25, 0.3) is 0 Å². The van der Waals surface area contributed by atoms with Crippen LogP contribution < -0.4 is 39.1 Å². The number of nitrogens with one attached hydrogen (secondary N) is 2. The molecule has 0 unspecified atom stereocenters. The summed E-state index contributed by atoms with van der Waals surface area (Å²) in [6.45, 7) is 13.7. The molecule has 0 aliphatic rings. The molecule has 1 aromatic rings. The molecule has 0 spiro atoms. The molecule has 1 rings (SSSR count). The lowest BCUT2D eigenvalue weighted by Gasteiger charge is -2.15. The number of carbonyl (C=O) groups excluding carboxylic acids is 1. The third-order valence-electron chi connectivity index (χ3n) is 5.14. The summed E-state index contributed by atoms with van der Waals surface area (Å²) in [5.74, 6) is -0.841. The van der Waals surface area contributed by atoms with Crippen LogP contribution in [0.3, 0.4) is 0 Å². The van der Waals surface area contributed by atoms with Crippen molar-refractivity contribution in [1.29, 1.82) is 0 Å². The zero-order valence-electron chi connectivity index (χ0n) is 24.0. The van der Waals surface area contributed by atoms with Gasteiger partial charge in [-0.1, -0.05) is 36.7 Å². The molecule has 234 valence electrons. The Morgan fingerprint density at radius 1 is 1.19 bits per heavy atom. The van der Waals surface area contributed by atoms with E-state index in [4.69, 9.17) is 22.0 Å². The number of alkyl halides is 3. The average Bonchev–Trinajstić information content (AvgIpc) is 2.93. The number of allylic oxidation sites excluding steroid dienone is 5. The molecule has 0 saturated heterocycles. The number of hydrogen-bond donors (Lipinski definition) is 5. The van der Waals surface area contributed by atoms with Crippen molar-refractivity contribution >= 4 is 41.2 Å². The maximum Gasteiger partial charge on any atom is 0.416 e. The minimum Gasteiger partial charge on any atom is -0.404 e. The van der Waals surface area contributed by atoms with Gasteiger partial charge < -0.3 is 32.7 Å². The Kier molecular flexibility index (Phi) is 13.3. The first-order valence-corrected chi connectivity index (χ1v) is 13.0. The summed E-state index contributed by atoms with van der Waals surface area (Å²) in [6, 6.07) is 0. The molecule has 17 heteroatoms. The zero-order valence-corrected chi connectivity index (χ0v) is 24.9. The van der Waals surface area contributed by atoms with Crippen LogP contribution in [0.1, 0.15) is 20.8 Å². The van der Waals surface area contributed by atoms with Gasteiger partial charge in [-0.05, 0) is 32.4 Å². The fourth-order valence-corrected chi connectivity index (χ4v) is 3.61. The van der Waals surface area contributed by atoms with Gasteiger partial charge in [-0.15, -0.1) is 0 Å². The van der Waals surface area contributed by atoms with E-state index >= 15 is 0 Å². The molecule has 0 saturated carbocycles. The van der Waals surface area contributed by atoms with Gasteiger partial charge >= 0.3 is 11.9 Å². The SMILES string of the molecule is C=C(C)O/N=C(\N)Cn1c(=O)c(NCC(=O)N/C(N)=C/SC(=C)C(/C=C(/C)C(=C)C(F)(F)F)=C/N)c(N=CC)n(C)c1=O. The van der Waals surface area contributed by atoms with Crippen LogP contribution in [0.15, 0.2) is 90.4 Å². The van der Waals surface area contributed by atoms with Gasteiger partial charge in [-0.25, -0.2) is 9.79 Å². The van der Waals surface area contributed by atoms with Gasteiger partial charge in [-0.3, -0.25) is 18.7 Å². The van der Waals surface area contributed by atoms with Crippen LogP contribution in [0, 0.1) is 0 Å². The van der Waals surface area contributed by atoms with Crippen molar-refractivity contribution in [2.75, 3.05) is 11.9 Å². The van der Waals surface area contributed by atoms with Crippen LogP contribution in [0.2, 0.25) is 0 Å². The standard InChI is InChI=1S/C26H34F3N9O4S/c1-8-33-23-22(24(40)38(25(41)37(23)7)12-19(31)36-42-14(2)3)34-11-21(39)35-20(32)13-43-17(6)18(10-30)9-15(4)16(5)26(27,28)29/h8-10,13,34H,2,5-6,11-12,30,32H2,1,3-4,7H3,(H2,31,36)(H,35,39)/b15-9-,18-10+,20-13+,33-8?. The molecule has 1 heterocycles. The smallest absolute Gasteiger partial charge is 0.404 e. The Bertz CT molecular complexity index is 1550. The van der Waals surface area contributed by atoms with Gasteiger partial charge in [-0.2, -0.15) is 13.2 Å². The number of nitrogens with zero attached hydrogens (tertiary/aromatic N) is 4. The average molecular weight is 626 g/mol. The topological polar surface area (TPSA) is 197 Å². The molecule has 1 aromatic heterocycles. The summed E-state index contributed by atoms with van der Waals surface area (Å²) in [7, 11) is 1.37. The number of amides is 1. The van der Waals surface area contributed by atoms with E-state index in [0.717, 1.165) is 27.1 Å². The molecule has 0 bridgehead atoms. The Hall–Kier alpha value is -4.93. The van der Waals surface area contributed by atoms with Crippen molar-refractivity contribution in [2.45, 2.75) is 33.5 Å². The number of anilines is 1. The summed E-state index contributed by atoms with van der Waals surface area (Å²) in [5, 5.41) is 9.90. The molecule has 1 amide bonds.